The maximum absolute atomic E-state index is 13.6. The predicted octanol–water partition coefficient (Wildman–Crippen LogP) is 2.94. The van der Waals surface area contributed by atoms with E-state index in [0.29, 0.717) is 12.1 Å². The number of likely N-dealkylation sites (tertiary alicyclic amines) is 2. The SMILES string of the molecule is CC(C)CCP(=O)(NCCN1C(=O)CC(SC(C)C)C1=O)NCCN1C(=O)CC(SC(C)C)C1=O. The summed E-state index contributed by atoms with van der Waals surface area (Å²) in [6, 6.07) is 0. The van der Waals surface area contributed by atoms with Gasteiger partial charge in [0.1, 0.15) is 0 Å². The summed E-state index contributed by atoms with van der Waals surface area (Å²) in [6.45, 7) is 12.8. The molecule has 2 N–H and O–H groups in total. The van der Waals surface area contributed by atoms with E-state index in [0.717, 1.165) is 6.42 Å². The van der Waals surface area contributed by atoms with E-state index in [-0.39, 0.29) is 83.6 Å². The predicted molar refractivity (Wildman–Crippen MR) is 144 cm³/mol. The maximum Gasteiger partial charge on any atom is 0.242 e. The molecular weight excluding hydrogens is 507 g/mol. The normalized spacial score (nSPS) is 23.0. The van der Waals surface area contributed by atoms with E-state index in [1.807, 2.05) is 41.5 Å². The van der Waals surface area contributed by atoms with Crippen molar-refractivity contribution in [2.45, 2.75) is 81.8 Å². The Labute approximate surface area is 218 Å². The molecule has 12 heteroatoms. The van der Waals surface area contributed by atoms with Gasteiger partial charge >= 0.3 is 0 Å². The van der Waals surface area contributed by atoms with Gasteiger partial charge in [-0.05, 0) is 22.8 Å². The van der Waals surface area contributed by atoms with Gasteiger partial charge in [-0.25, -0.2) is 0 Å². The van der Waals surface area contributed by atoms with Gasteiger partial charge in [-0.15, -0.1) is 23.5 Å². The molecule has 35 heavy (non-hydrogen) atoms. The third-order valence-electron chi connectivity index (χ3n) is 5.70. The van der Waals surface area contributed by atoms with Gasteiger partial charge in [0, 0.05) is 45.2 Å². The van der Waals surface area contributed by atoms with Crippen LogP contribution in [0.1, 0.15) is 60.8 Å². The number of imide groups is 2. The lowest BCUT2D eigenvalue weighted by atomic mass is 10.2. The van der Waals surface area contributed by atoms with Gasteiger partial charge in [0.15, 0.2) is 0 Å². The Balaban J connectivity index is 1.91. The highest BCUT2D eigenvalue weighted by molar-refractivity contribution is 8.01. The number of carbonyl (C=O) groups excluding carboxylic acids is 4. The lowest BCUT2D eigenvalue weighted by molar-refractivity contribution is -0.139. The highest BCUT2D eigenvalue weighted by Gasteiger charge is 2.40. The second-order valence-electron chi connectivity index (χ2n) is 9.98. The number of carbonyl (C=O) groups is 4. The third-order valence-corrected chi connectivity index (χ3v) is 10.5. The molecule has 2 unspecified atom stereocenters. The Morgan fingerprint density at radius 1 is 0.800 bits per heavy atom. The molecule has 0 aromatic rings. The van der Waals surface area contributed by atoms with Crippen molar-refractivity contribution in [2.75, 3.05) is 32.3 Å². The summed E-state index contributed by atoms with van der Waals surface area (Å²) < 4.78 is 13.6. The lowest BCUT2D eigenvalue weighted by Crippen LogP contribution is -2.40. The van der Waals surface area contributed by atoms with Crippen LogP contribution in [0, 0.1) is 5.92 Å². The van der Waals surface area contributed by atoms with Crippen molar-refractivity contribution in [2.24, 2.45) is 5.92 Å². The first-order valence-corrected chi connectivity index (χ1v) is 16.2. The molecule has 2 atom stereocenters. The van der Waals surface area contributed by atoms with Crippen LogP contribution in [0.15, 0.2) is 0 Å². The molecule has 2 saturated heterocycles. The van der Waals surface area contributed by atoms with Gasteiger partial charge in [-0.2, -0.15) is 0 Å². The Kier molecular flexibility index (Phi) is 11.8. The standard InChI is InChI=1S/C23H41N4O5PS2/c1-15(2)7-12-33(32,24-8-10-26-20(28)13-18(22(26)30)34-16(3)4)25-9-11-27-21(29)14-19(23(27)31)35-17(5)6/h15-19H,7-14H2,1-6H3,(H2,24,25,32). The number of rotatable bonds is 15. The maximum atomic E-state index is 13.6. The van der Waals surface area contributed by atoms with E-state index < -0.39 is 7.44 Å². The van der Waals surface area contributed by atoms with Gasteiger partial charge in [-0.3, -0.25) is 43.7 Å². The van der Waals surface area contributed by atoms with Crippen LogP contribution in [0.4, 0.5) is 0 Å². The topological polar surface area (TPSA) is 116 Å². The molecular formula is C23H41N4O5PS2. The first-order chi connectivity index (χ1) is 16.3. The molecule has 0 saturated carbocycles. The second kappa shape index (κ2) is 13.6. The van der Waals surface area contributed by atoms with Crippen LogP contribution in [0.3, 0.4) is 0 Å². The Morgan fingerprint density at radius 3 is 1.54 bits per heavy atom. The van der Waals surface area contributed by atoms with E-state index in [2.05, 4.69) is 10.2 Å². The van der Waals surface area contributed by atoms with Crippen molar-refractivity contribution in [3.8, 4) is 0 Å². The van der Waals surface area contributed by atoms with Crippen LogP contribution in [-0.2, 0) is 23.7 Å². The third kappa shape index (κ3) is 9.18. The first-order valence-electron chi connectivity index (χ1n) is 12.4. The fourth-order valence-electron chi connectivity index (χ4n) is 3.98. The second-order valence-corrected chi connectivity index (χ2v) is 16.1. The molecule has 2 heterocycles. The summed E-state index contributed by atoms with van der Waals surface area (Å²) in [5.41, 5.74) is 0. The monoisotopic (exact) mass is 548 g/mol. The fraction of sp³-hybridized carbons (Fsp3) is 0.826. The van der Waals surface area contributed by atoms with Crippen molar-refractivity contribution in [3.63, 3.8) is 0 Å². The van der Waals surface area contributed by atoms with Crippen molar-refractivity contribution < 1.29 is 23.7 Å². The molecule has 0 aliphatic carbocycles. The Hall–Kier alpha value is -0.870. The average Bonchev–Trinajstić information content (AvgIpc) is 3.15. The van der Waals surface area contributed by atoms with Crippen LogP contribution in [0.5, 0.6) is 0 Å². The molecule has 2 aliphatic rings. The van der Waals surface area contributed by atoms with Gasteiger partial charge in [0.05, 0.1) is 10.5 Å². The summed E-state index contributed by atoms with van der Waals surface area (Å²) in [7, 11) is -3.05. The van der Waals surface area contributed by atoms with Gasteiger partial charge in [0.25, 0.3) is 0 Å². The highest BCUT2D eigenvalue weighted by atomic mass is 32.2. The quantitative estimate of drug-likeness (QED) is 0.235. The summed E-state index contributed by atoms with van der Waals surface area (Å²) >= 11 is 2.99. The number of nitrogens with one attached hydrogen (secondary N) is 2. The van der Waals surface area contributed by atoms with Crippen LogP contribution < -0.4 is 10.2 Å². The van der Waals surface area contributed by atoms with Crippen LogP contribution in [0.25, 0.3) is 0 Å². The van der Waals surface area contributed by atoms with E-state index in [4.69, 9.17) is 0 Å². The van der Waals surface area contributed by atoms with Gasteiger partial charge in [-0.1, -0.05) is 41.5 Å². The molecule has 2 aliphatic heterocycles. The van der Waals surface area contributed by atoms with Crippen LogP contribution >= 0.6 is 31.0 Å². The molecule has 0 radical (unpaired) electrons. The van der Waals surface area contributed by atoms with E-state index in [1.54, 1.807) is 0 Å². The molecule has 0 aromatic heterocycles. The van der Waals surface area contributed by atoms with Crippen molar-refractivity contribution >= 4 is 54.6 Å². The zero-order valence-electron chi connectivity index (χ0n) is 21.7. The zero-order valence-corrected chi connectivity index (χ0v) is 24.3. The Morgan fingerprint density at radius 2 is 1.20 bits per heavy atom. The van der Waals surface area contributed by atoms with Gasteiger partial charge < -0.3 is 0 Å². The highest BCUT2D eigenvalue weighted by Crippen LogP contribution is 2.37. The van der Waals surface area contributed by atoms with E-state index in [1.165, 1.54) is 33.3 Å². The largest absolute Gasteiger partial charge is 0.289 e. The van der Waals surface area contributed by atoms with E-state index in [9.17, 15) is 23.7 Å². The van der Waals surface area contributed by atoms with Crippen molar-refractivity contribution in [1.29, 1.82) is 0 Å². The molecule has 4 amide bonds. The summed E-state index contributed by atoms with van der Waals surface area (Å²) in [6.07, 6.45) is 1.53. The Bertz CT molecular complexity index is 781. The molecule has 0 aromatic carbocycles. The van der Waals surface area contributed by atoms with Gasteiger partial charge in [0.2, 0.25) is 31.1 Å². The number of hydrogen-bond donors (Lipinski definition) is 2. The van der Waals surface area contributed by atoms with E-state index >= 15 is 0 Å². The summed E-state index contributed by atoms with van der Waals surface area (Å²) in [5, 5.41) is 5.93. The molecule has 0 bridgehead atoms. The van der Waals surface area contributed by atoms with Crippen molar-refractivity contribution in [3.05, 3.63) is 0 Å². The summed E-state index contributed by atoms with van der Waals surface area (Å²) in [4.78, 5) is 52.4. The lowest BCUT2D eigenvalue weighted by Gasteiger charge is -2.24. The zero-order chi connectivity index (χ0) is 26.3. The number of hydrogen-bond acceptors (Lipinski definition) is 7. The van der Waals surface area contributed by atoms with Crippen LogP contribution in [-0.4, -0.2) is 86.8 Å². The average molecular weight is 549 g/mol. The molecule has 200 valence electrons. The molecule has 9 nitrogen and oxygen atoms in total. The number of amides is 4. The number of thioether (sulfide) groups is 2. The molecule has 2 rings (SSSR count). The minimum absolute atomic E-state index is 0.164. The summed E-state index contributed by atoms with van der Waals surface area (Å²) in [5.74, 6) is -0.404. The molecule has 0 spiro atoms. The smallest absolute Gasteiger partial charge is 0.242 e. The number of nitrogens with zero attached hydrogens (tertiary/aromatic N) is 2. The molecule has 2 fully saturated rings. The fourth-order valence-corrected chi connectivity index (χ4v) is 8.49. The van der Waals surface area contributed by atoms with Crippen molar-refractivity contribution in [1.82, 2.24) is 20.0 Å². The minimum Gasteiger partial charge on any atom is -0.289 e. The van der Waals surface area contributed by atoms with Crippen LogP contribution in [0.2, 0.25) is 0 Å². The minimum atomic E-state index is -3.05. The first kappa shape index (κ1) is 30.4.